The smallest absolute Gasteiger partial charge is 0.407 e. The SMILES string of the molecule is CCCC(CNC(=O)OCC1c2ccccc2-c2ccccc21)C(=O)NC1CCCC1(C)C(=O)O. The van der Waals surface area contributed by atoms with Crippen LogP contribution >= 0.6 is 0 Å². The number of amides is 2. The summed E-state index contributed by atoms with van der Waals surface area (Å²) in [7, 11) is 0. The number of ether oxygens (including phenoxy) is 1. The third kappa shape index (κ3) is 5.04. The fourth-order valence-electron chi connectivity index (χ4n) is 5.47. The minimum Gasteiger partial charge on any atom is -0.481 e. The Morgan fingerprint density at radius 2 is 1.71 bits per heavy atom. The Kier molecular flexibility index (Phi) is 7.43. The van der Waals surface area contributed by atoms with Crippen molar-refractivity contribution in [3.05, 3.63) is 59.7 Å². The van der Waals surface area contributed by atoms with Gasteiger partial charge in [0.1, 0.15) is 6.61 Å². The summed E-state index contributed by atoms with van der Waals surface area (Å²) < 4.78 is 5.59. The largest absolute Gasteiger partial charge is 0.481 e. The maximum absolute atomic E-state index is 13.0. The molecule has 0 aromatic heterocycles. The highest BCUT2D eigenvalue weighted by Gasteiger charge is 2.46. The number of carboxylic acids is 1. The van der Waals surface area contributed by atoms with Gasteiger partial charge in [0.25, 0.3) is 0 Å². The summed E-state index contributed by atoms with van der Waals surface area (Å²) in [5.41, 5.74) is 3.66. The first kappa shape index (κ1) is 24.8. The highest BCUT2D eigenvalue weighted by atomic mass is 16.5. The van der Waals surface area contributed by atoms with E-state index in [0.29, 0.717) is 19.3 Å². The molecular weight excluding hydrogens is 444 g/mol. The number of rotatable bonds is 9. The first-order valence-electron chi connectivity index (χ1n) is 12.5. The molecule has 35 heavy (non-hydrogen) atoms. The molecule has 0 radical (unpaired) electrons. The third-order valence-corrected chi connectivity index (χ3v) is 7.61. The Balaban J connectivity index is 1.33. The molecule has 0 saturated heterocycles. The number of hydrogen-bond acceptors (Lipinski definition) is 4. The number of carbonyl (C=O) groups excluding carboxylic acids is 2. The molecule has 3 atom stereocenters. The van der Waals surface area contributed by atoms with Crippen LogP contribution in [0, 0.1) is 11.3 Å². The van der Waals surface area contributed by atoms with Crippen molar-refractivity contribution in [2.75, 3.05) is 13.2 Å². The van der Waals surface area contributed by atoms with E-state index in [2.05, 4.69) is 34.9 Å². The number of carbonyl (C=O) groups is 3. The maximum Gasteiger partial charge on any atom is 0.407 e. The highest BCUT2D eigenvalue weighted by Crippen LogP contribution is 2.44. The first-order valence-corrected chi connectivity index (χ1v) is 12.5. The molecule has 3 unspecified atom stereocenters. The molecule has 2 amide bonds. The molecule has 0 bridgehead atoms. The maximum atomic E-state index is 13.0. The van der Waals surface area contributed by atoms with Gasteiger partial charge in [0.2, 0.25) is 5.91 Å². The Morgan fingerprint density at radius 1 is 1.09 bits per heavy atom. The molecule has 0 spiro atoms. The zero-order valence-corrected chi connectivity index (χ0v) is 20.4. The lowest BCUT2D eigenvalue weighted by Crippen LogP contribution is -2.50. The molecule has 7 nitrogen and oxygen atoms in total. The molecule has 0 heterocycles. The highest BCUT2D eigenvalue weighted by molar-refractivity contribution is 5.82. The molecule has 2 aromatic rings. The van der Waals surface area contributed by atoms with Gasteiger partial charge in [0, 0.05) is 18.5 Å². The molecule has 7 heteroatoms. The van der Waals surface area contributed by atoms with Gasteiger partial charge in [-0.2, -0.15) is 0 Å². The minimum atomic E-state index is -0.952. The number of fused-ring (bicyclic) bond motifs is 3. The Hall–Kier alpha value is -3.35. The zero-order chi connectivity index (χ0) is 25.0. The van der Waals surface area contributed by atoms with Gasteiger partial charge < -0.3 is 20.5 Å². The minimum absolute atomic E-state index is 0.0288. The predicted octanol–water partition coefficient (Wildman–Crippen LogP) is 4.70. The average molecular weight is 479 g/mol. The molecule has 0 aliphatic heterocycles. The molecule has 3 N–H and O–H groups in total. The van der Waals surface area contributed by atoms with Crippen LogP contribution in [0.3, 0.4) is 0 Å². The van der Waals surface area contributed by atoms with E-state index in [9.17, 15) is 19.5 Å². The van der Waals surface area contributed by atoms with Crippen LogP contribution in [0.1, 0.15) is 63.0 Å². The lowest BCUT2D eigenvalue weighted by Gasteiger charge is -2.29. The van der Waals surface area contributed by atoms with Crippen LogP contribution in [0.2, 0.25) is 0 Å². The van der Waals surface area contributed by atoms with Crippen LogP contribution in [-0.2, 0) is 14.3 Å². The van der Waals surface area contributed by atoms with E-state index in [0.717, 1.165) is 35.1 Å². The van der Waals surface area contributed by atoms with Crippen molar-refractivity contribution in [1.29, 1.82) is 0 Å². The van der Waals surface area contributed by atoms with Crippen LogP contribution in [0.15, 0.2) is 48.5 Å². The summed E-state index contributed by atoms with van der Waals surface area (Å²) in [6.07, 6.45) is 2.76. The molecule has 1 saturated carbocycles. The lowest BCUT2D eigenvalue weighted by atomic mass is 9.84. The van der Waals surface area contributed by atoms with Crippen molar-refractivity contribution in [2.24, 2.45) is 11.3 Å². The van der Waals surface area contributed by atoms with Crippen LogP contribution in [0.5, 0.6) is 0 Å². The van der Waals surface area contributed by atoms with Crippen LogP contribution < -0.4 is 10.6 Å². The van der Waals surface area contributed by atoms with Crippen molar-refractivity contribution < 1.29 is 24.2 Å². The summed E-state index contributed by atoms with van der Waals surface area (Å²) in [6, 6.07) is 15.9. The Bertz CT molecular complexity index is 1050. The van der Waals surface area contributed by atoms with Gasteiger partial charge in [-0.15, -0.1) is 0 Å². The normalized spacial score (nSPS) is 21.6. The van der Waals surface area contributed by atoms with Crippen LogP contribution in [0.4, 0.5) is 4.79 Å². The number of benzene rings is 2. The second kappa shape index (κ2) is 10.5. The molecule has 2 aliphatic rings. The van der Waals surface area contributed by atoms with Gasteiger partial charge in [-0.25, -0.2) is 4.79 Å². The van der Waals surface area contributed by atoms with Gasteiger partial charge in [-0.05, 0) is 48.4 Å². The van der Waals surface area contributed by atoms with E-state index in [1.807, 2.05) is 31.2 Å². The monoisotopic (exact) mass is 478 g/mol. The second-order valence-electron chi connectivity index (χ2n) is 9.87. The fraction of sp³-hybridized carbons (Fsp3) is 0.464. The van der Waals surface area contributed by atoms with Crippen molar-refractivity contribution in [3.8, 4) is 11.1 Å². The number of alkyl carbamates (subject to hydrolysis) is 1. The van der Waals surface area contributed by atoms with E-state index in [1.54, 1.807) is 6.92 Å². The van der Waals surface area contributed by atoms with Gasteiger partial charge >= 0.3 is 12.1 Å². The summed E-state index contributed by atoms with van der Waals surface area (Å²) in [6.45, 7) is 4.03. The number of carboxylic acid groups (broad SMARTS) is 1. The number of hydrogen-bond donors (Lipinski definition) is 3. The quantitative estimate of drug-likeness (QED) is 0.485. The first-order chi connectivity index (χ1) is 16.8. The van der Waals surface area contributed by atoms with E-state index < -0.39 is 29.4 Å². The second-order valence-corrected chi connectivity index (χ2v) is 9.87. The topological polar surface area (TPSA) is 105 Å². The van der Waals surface area contributed by atoms with E-state index in [-0.39, 0.29) is 25.0 Å². The standard InChI is InChI=1S/C28H34N2O5/c1-3-9-18(25(31)30-24-14-8-15-28(24,2)26(32)33)16-29-27(34)35-17-23-21-12-6-4-10-19(21)20-11-5-7-13-22(20)23/h4-7,10-13,18,23-24H,3,8-9,14-17H2,1-2H3,(H,29,34)(H,30,31)(H,32,33). The van der Waals surface area contributed by atoms with Crippen molar-refractivity contribution in [3.63, 3.8) is 0 Å². The van der Waals surface area contributed by atoms with E-state index >= 15 is 0 Å². The number of nitrogens with one attached hydrogen (secondary N) is 2. The van der Waals surface area contributed by atoms with Crippen molar-refractivity contribution in [2.45, 2.75) is 57.9 Å². The van der Waals surface area contributed by atoms with E-state index in [4.69, 9.17) is 4.74 Å². The summed E-state index contributed by atoms with van der Waals surface area (Å²) >= 11 is 0. The lowest BCUT2D eigenvalue weighted by molar-refractivity contribution is -0.149. The van der Waals surface area contributed by atoms with Crippen LogP contribution in [0.25, 0.3) is 11.1 Å². The van der Waals surface area contributed by atoms with E-state index in [1.165, 1.54) is 0 Å². The van der Waals surface area contributed by atoms with Crippen LogP contribution in [-0.4, -0.2) is 42.3 Å². The summed E-state index contributed by atoms with van der Waals surface area (Å²) in [4.78, 5) is 37.2. The molecule has 1 fully saturated rings. The van der Waals surface area contributed by atoms with Gasteiger partial charge in [-0.1, -0.05) is 68.3 Å². The average Bonchev–Trinajstić information content (AvgIpc) is 3.39. The molecule has 2 aromatic carbocycles. The molecular formula is C28H34N2O5. The molecule has 186 valence electrons. The third-order valence-electron chi connectivity index (χ3n) is 7.61. The number of aliphatic carboxylic acids is 1. The zero-order valence-electron chi connectivity index (χ0n) is 20.4. The predicted molar refractivity (Wildman–Crippen MR) is 133 cm³/mol. The summed E-state index contributed by atoms with van der Waals surface area (Å²) in [5, 5.41) is 15.3. The van der Waals surface area contributed by atoms with Gasteiger partial charge in [0.15, 0.2) is 0 Å². The molecule has 2 aliphatic carbocycles. The Morgan fingerprint density at radius 3 is 2.31 bits per heavy atom. The Labute approximate surface area is 206 Å². The summed E-state index contributed by atoms with van der Waals surface area (Å²) in [5.74, 6) is -1.58. The fourth-order valence-corrected chi connectivity index (χ4v) is 5.47. The van der Waals surface area contributed by atoms with Gasteiger partial charge in [0.05, 0.1) is 11.3 Å². The van der Waals surface area contributed by atoms with Crippen molar-refractivity contribution >= 4 is 18.0 Å². The molecule has 4 rings (SSSR count). The van der Waals surface area contributed by atoms with Gasteiger partial charge in [-0.3, -0.25) is 9.59 Å². The van der Waals surface area contributed by atoms with Crippen molar-refractivity contribution in [1.82, 2.24) is 10.6 Å².